The molecule has 0 aromatic rings. The third-order valence-corrected chi connectivity index (χ3v) is 4.16. The topological polar surface area (TPSA) is 20.3 Å². The van der Waals surface area contributed by atoms with Gasteiger partial charge in [0.25, 0.3) is 0 Å². The number of halogens is 1. The Bertz CT molecular complexity index is 233. The molecule has 3 heteroatoms. The average molecular weight is 318 g/mol. The van der Waals surface area contributed by atoms with E-state index in [0.29, 0.717) is 12.3 Å². The highest BCUT2D eigenvalue weighted by atomic mass is 35.5. The molecule has 1 amide bonds. The molecule has 0 aromatic carbocycles. The van der Waals surface area contributed by atoms with Crippen LogP contribution in [0, 0.1) is 0 Å². The molecule has 0 aliphatic heterocycles. The zero-order chi connectivity index (χ0) is 15.8. The number of alkyl halides is 1. The fraction of sp³-hybridized carbons (Fsp3) is 0.944. The first kappa shape index (κ1) is 20.8. The third kappa shape index (κ3) is 13.2. The van der Waals surface area contributed by atoms with Gasteiger partial charge in [-0.05, 0) is 12.8 Å². The Morgan fingerprint density at radius 2 is 1.19 bits per heavy atom. The van der Waals surface area contributed by atoms with Crippen molar-refractivity contribution in [3.05, 3.63) is 0 Å². The maximum absolute atomic E-state index is 12.1. The summed E-state index contributed by atoms with van der Waals surface area (Å²) in [5.74, 6) is 0.691. The van der Waals surface area contributed by atoms with Gasteiger partial charge in [-0.1, -0.05) is 71.6 Å². The van der Waals surface area contributed by atoms with E-state index in [1.807, 2.05) is 4.90 Å². The Balaban J connectivity index is 3.83. The molecule has 0 aliphatic carbocycles. The molecule has 0 aromatic heterocycles. The van der Waals surface area contributed by atoms with Crippen LogP contribution in [0.2, 0.25) is 0 Å². The van der Waals surface area contributed by atoms with Crippen molar-refractivity contribution in [1.29, 1.82) is 0 Å². The second-order valence-electron chi connectivity index (χ2n) is 6.00. The number of carbonyl (C=O) groups is 1. The largest absolute Gasteiger partial charge is 0.343 e. The first-order chi connectivity index (χ1) is 10.3. The number of amides is 1. The minimum Gasteiger partial charge on any atom is -0.343 e. The molecule has 0 spiro atoms. The zero-order valence-electron chi connectivity index (χ0n) is 14.3. The van der Waals surface area contributed by atoms with Crippen molar-refractivity contribution in [2.45, 2.75) is 90.9 Å². The van der Waals surface area contributed by atoms with Crippen molar-refractivity contribution >= 4 is 17.5 Å². The van der Waals surface area contributed by atoms with E-state index in [1.165, 1.54) is 57.8 Å². The van der Waals surface area contributed by atoms with Gasteiger partial charge >= 0.3 is 0 Å². The van der Waals surface area contributed by atoms with E-state index in [9.17, 15) is 4.79 Å². The van der Waals surface area contributed by atoms with Gasteiger partial charge in [0, 0.05) is 25.4 Å². The average Bonchev–Trinajstić information content (AvgIpc) is 2.48. The Kier molecular flexibility index (Phi) is 16.0. The maximum Gasteiger partial charge on any atom is 0.223 e. The lowest BCUT2D eigenvalue weighted by Crippen LogP contribution is -2.33. The Morgan fingerprint density at radius 1 is 0.762 bits per heavy atom. The zero-order valence-corrected chi connectivity index (χ0v) is 15.1. The van der Waals surface area contributed by atoms with Gasteiger partial charge in [-0.25, -0.2) is 0 Å². The summed E-state index contributed by atoms with van der Waals surface area (Å²) in [5, 5.41) is 0. The number of unbranched alkanes of at least 4 members (excludes halogenated alkanes) is 9. The number of hydrogen-bond donors (Lipinski definition) is 0. The molecule has 0 heterocycles. The van der Waals surface area contributed by atoms with Crippen LogP contribution in [-0.2, 0) is 4.79 Å². The smallest absolute Gasteiger partial charge is 0.223 e. The van der Waals surface area contributed by atoms with Crippen LogP contribution in [0.15, 0.2) is 0 Å². The highest BCUT2D eigenvalue weighted by Gasteiger charge is 2.11. The first-order valence-corrected chi connectivity index (χ1v) is 9.63. The van der Waals surface area contributed by atoms with Gasteiger partial charge in [0.2, 0.25) is 5.91 Å². The van der Waals surface area contributed by atoms with Crippen molar-refractivity contribution in [3.63, 3.8) is 0 Å². The minimum absolute atomic E-state index is 0.244. The number of nitrogens with zero attached hydrogens (tertiary/aromatic N) is 1. The monoisotopic (exact) mass is 317 g/mol. The fourth-order valence-electron chi connectivity index (χ4n) is 2.59. The Hall–Kier alpha value is -0.240. The molecule has 0 unspecified atom stereocenters. The SMILES string of the molecule is CCCCCCCCN(CCCCCCC)C(=O)CCCl. The Morgan fingerprint density at radius 3 is 1.62 bits per heavy atom. The molecule has 0 atom stereocenters. The van der Waals surface area contributed by atoms with Crippen molar-refractivity contribution < 1.29 is 4.79 Å². The molecule has 0 aliphatic rings. The number of carbonyl (C=O) groups excluding carboxylic acids is 1. The lowest BCUT2D eigenvalue weighted by atomic mass is 10.1. The second kappa shape index (κ2) is 16.1. The standard InChI is InChI=1S/C18H36ClNO/c1-3-5-7-9-11-13-17-20(18(21)14-15-19)16-12-10-8-6-4-2/h3-17H2,1-2H3. The number of rotatable bonds is 15. The molecule has 0 saturated heterocycles. The summed E-state index contributed by atoms with van der Waals surface area (Å²) in [6.45, 7) is 6.32. The van der Waals surface area contributed by atoms with E-state index in [4.69, 9.17) is 11.6 Å². The molecule has 0 rings (SSSR count). The molecule has 0 N–H and O–H groups in total. The molecule has 2 nitrogen and oxygen atoms in total. The number of hydrogen-bond acceptors (Lipinski definition) is 1. The lowest BCUT2D eigenvalue weighted by Gasteiger charge is -2.22. The van der Waals surface area contributed by atoms with Crippen LogP contribution in [0.5, 0.6) is 0 Å². The van der Waals surface area contributed by atoms with Gasteiger partial charge in [-0.15, -0.1) is 11.6 Å². The summed E-state index contributed by atoms with van der Waals surface area (Å²) < 4.78 is 0. The third-order valence-electron chi connectivity index (χ3n) is 3.97. The van der Waals surface area contributed by atoms with Gasteiger partial charge in [-0.2, -0.15) is 0 Å². The first-order valence-electron chi connectivity index (χ1n) is 9.10. The van der Waals surface area contributed by atoms with Crippen LogP contribution < -0.4 is 0 Å². The predicted molar refractivity (Wildman–Crippen MR) is 94.1 cm³/mol. The summed E-state index contributed by atoms with van der Waals surface area (Å²) in [5.41, 5.74) is 0. The molecule has 0 radical (unpaired) electrons. The molecule has 126 valence electrons. The maximum atomic E-state index is 12.1. The summed E-state index contributed by atoms with van der Waals surface area (Å²) in [4.78, 5) is 14.1. The van der Waals surface area contributed by atoms with Crippen LogP contribution in [-0.4, -0.2) is 29.8 Å². The van der Waals surface area contributed by atoms with Gasteiger partial charge in [0.15, 0.2) is 0 Å². The summed E-state index contributed by atoms with van der Waals surface area (Å²) in [7, 11) is 0. The van der Waals surface area contributed by atoms with Crippen molar-refractivity contribution in [1.82, 2.24) is 4.90 Å². The molecule has 0 bridgehead atoms. The lowest BCUT2D eigenvalue weighted by molar-refractivity contribution is -0.130. The van der Waals surface area contributed by atoms with Crippen molar-refractivity contribution in [2.75, 3.05) is 19.0 Å². The van der Waals surface area contributed by atoms with Crippen LogP contribution in [0.3, 0.4) is 0 Å². The molecular weight excluding hydrogens is 282 g/mol. The van der Waals surface area contributed by atoms with E-state index in [-0.39, 0.29) is 5.91 Å². The van der Waals surface area contributed by atoms with E-state index in [0.717, 1.165) is 25.9 Å². The molecule has 0 fully saturated rings. The van der Waals surface area contributed by atoms with Crippen LogP contribution in [0.1, 0.15) is 90.9 Å². The summed E-state index contributed by atoms with van der Waals surface area (Å²) in [6, 6.07) is 0. The van der Waals surface area contributed by atoms with Gasteiger partial charge in [0.1, 0.15) is 0 Å². The normalized spacial score (nSPS) is 10.8. The second-order valence-corrected chi connectivity index (χ2v) is 6.38. The van der Waals surface area contributed by atoms with Crippen LogP contribution in [0.4, 0.5) is 0 Å². The van der Waals surface area contributed by atoms with E-state index in [2.05, 4.69) is 13.8 Å². The van der Waals surface area contributed by atoms with Crippen LogP contribution in [0.25, 0.3) is 0 Å². The highest BCUT2D eigenvalue weighted by Crippen LogP contribution is 2.09. The summed E-state index contributed by atoms with van der Waals surface area (Å²) in [6.07, 6.45) is 14.4. The van der Waals surface area contributed by atoms with Crippen LogP contribution >= 0.6 is 11.6 Å². The highest BCUT2D eigenvalue weighted by molar-refractivity contribution is 6.18. The molecule has 0 saturated carbocycles. The quantitative estimate of drug-likeness (QED) is 0.277. The van der Waals surface area contributed by atoms with Gasteiger partial charge in [0.05, 0.1) is 0 Å². The fourth-order valence-corrected chi connectivity index (χ4v) is 2.75. The molecular formula is C18H36ClNO. The van der Waals surface area contributed by atoms with E-state index >= 15 is 0 Å². The Labute approximate surface area is 137 Å². The van der Waals surface area contributed by atoms with Crippen molar-refractivity contribution in [3.8, 4) is 0 Å². The molecule has 21 heavy (non-hydrogen) atoms. The predicted octanol–water partition coefficient (Wildman–Crippen LogP) is 5.77. The minimum atomic E-state index is 0.244. The summed E-state index contributed by atoms with van der Waals surface area (Å²) >= 11 is 5.71. The van der Waals surface area contributed by atoms with E-state index < -0.39 is 0 Å². The van der Waals surface area contributed by atoms with Gasteiger partial charge < -0.3 is 4.90 Å². The van der Waals surface area contributed by atoms with E-state index in [1.54, 1.807) is 0 Å². The van der Waals surface area contributed by atoms with Crippen molar-refractivity contribution in [2.24, 2.45) is 0 Å². The van der Waals surface area contributed by atoms with Gasteiger partial charge in [-0.3, -0.25) is 4.79 Å².